The van der Waals surface area contributed by atoms with Crippen LogP contribution in [-0.4, -0.2) is 32.1 Å². The van der Waals surface area contributed by atoms with Crippen LogP contribution >= 0.6 is 0 Å². The number of nitrogen functional groups attached to an aromatic ring is 1. The van der Waals surface area contributed by atoms with Crippen molar-refractivity contribution >= 4 is 23.4 Å². The summed E-state index contributed by atoms with van der Waals surface area (Å²) in [5.74, 6) is -4.48. The molecule has 0 aliphatic heterocycles. The van der Waals surface area contributed by atoms with Crippen LogP contribution in [-0.2, 0) is 6.18 Å². The van der Waals surface area contributed by atoms with Crippen molar-refractivity contribution in [2.75, 3.05) is 5.73 Å². The van der Waals surface area contributed by atoms with Crippen molar-refractivity contribution < 1.29 is 37.9 Å². The smallest absolute Gasteiger partial charge is 0.422 e. The van der Waals surface area contributed by atoms with Crippen LogP contribution < -0.4 is 11.3 Å². The van der Waals surface area contributed by atoms with Crippen molar-refractivity contribution in [3.05, 3.63) is 55.4 Å². The molecular formula is C14H8F3N3O7. The van der Waals surface area contributed by atoms with E-state index in [-0.39, 0.29) is 6.07 Å². The van der Waals surface area contributed by atoms with Gasteiger partial charge in [0.05, 0.1) is 4.92 Å². The topological polar surface area (TPSA) is 177 Å². The summed E-state index contributed by atoms with van der Waals surface area (Å²) in [5.41, 5.74) is -2.57. The molecule has 142 valence electrons. The summed E-state index contributed by atoms with van der Waals surface area (Å²) < 4.78 is 38.8. The summed E-state index contributed by atoms with van der Waals surface area (Å²) in [5, 5.41) is 29.5. The number of rotatable bonds is 4. The second-order valence-corrected chi connectivity index (χ2v) is 5.09. The van der Waals surface area contributed by atoms with Crippen molar-refractivity contribution in [3.8, 4) is 11.1 Å². The monoisotopic (exact) mass is 387 g/mol. The van der Waals surface area contributed by atoms with E-state index in [0.717, 1.165) is 0 Å². The van der Waals surface area contributed by atoms with Gasteiger partial charge in [0, 0.05) is 11.6 Å². The average Bonchev–Trinajstić information content (AvgIpc) is 2.51. The number of alkyl halides is 3. The third-order valence-electron chi connectivity index (χ3n) is 3.46. The molecule has 27 heavy (non-hydrogen) atoms. The molecule has 0 bridgehead atoms. The Balaban J connectivity index is 3.00. The van der Waals surface area contributed by atoms with Gasteiger partial charge in [-0.2, -0.15) is 13.2 Å². The summed E-state index contributed by atoms with van der Waals surface area (Å²) in [6.07, 6.45) is -5.10. The summed E-state index contributed by atoms with van der Waals surface area (Å²) in [6, 6.07) is 1.22. The summed E-state index contributed by atoms with van der Waals surface area (Å²) in [7, 11) is 0. The van der Waals surface area contributed by atoms with Crippen molar-refractivity contribution in [3.63, 3.8) is 0 Å². The van der Waals surface area contributed by atoms with Gasteiger partial charge in [0.15, 0.2) is 0 Å². The van der Waals surface area contributed by atoms with Crippen LogP contribution in [0, 0.1) is 10.1 Å². The highest BCUT2D eigenvalue weighted by atomic mass is 19.4. The van der Waals surface area contributed by atoms with E-state index in [4.69, 9.17) is 5.73 Å². The predicted molar refractivity (Wildman–Crippen MR) is 82.5 cm³/mol. The van der Waals surface area contributed by atoms with E-state index in [1.165, 1.54) is 0 Å². The zero-order valence-electron chi connectivity index (χ0n) is 12.8. The van der Waals surface area contributed by atoms with Gasteiger partial charge in [-0.1, -0.05) is 6.07 Å². The molecule has 0 amide bonds. The molecule has 1 heterocycles. The number of nitrogens with two attached hydrogens (primary N) is 1. The lowest BCUT2D eigenvalue weighted by Gasteiger charge is -2.13. The zero-order valence-corrected chi connectivity index (χ0v) is 12.8. The molecule has 5 N–H and O–H groups in total. The highest BCUT2D eigenvalue weighted by molar-refractivity contribution is 6.07. The molecule has 10 nitrogen and oxygen atoms in total. The Labute approximate surface area is 145 Å². The summed E-state index contributed by atoms with van der Waals surface area (Å²) >= 11 is 0. The van der Waals surface area contributed by atoms with Gasteiger partial charge in [-0.25, -0.2) is 9.59 Å². The Morgan fingerprint density at radius 2 is 1.70 bits per heavy atom. The number of aromatic carboxylic acids is 2. The molecule has 1 aromatic carbocycles. The molecule has 0 saturated heterocycles. The van der Waals surface area contributed by atoms with E-state index < -0.39 is 67.9 Å². The van der Waals surface area contributed by atoms with E-state index >= 15 is 0 Å². The Kier molecular flexibility index (Phi) is 4.63. The molecule has 0 fully saturated rings. The lowest BCUT2D eigenvalue weighted by Crippen LogP contribution is -2.24. The van der Waals surface area contributed by atoms with Gasteiger partial charge in [-0.05, 0) is 11.6 Å². The number of hydrogen-bond acceptors (Lipinski definition) is 6. The van der Waals surface area contributed by atoms with Gasteiger partial charge < -0.3 is 20.9 Å². The maximum atomic E-state index is 12.9. The normalized spacial score (nSPS) is 11.2. The molecule has 0 aliphatic carbocycles. The second kappa shape index (κ2) is 6.44. The lowest BCUT2D eigenvalue weighted by atomic mass is 9.94. The van der Waals surface area contributed by atoms with Crippen LogP contribution in [0.25, 0.3) is 11.1 Å². The minimum atomic E-state index is -5.10. The quantitative estimate of drug-likeness (QED) is 0.454. The number of pyridine rings is 1. The third-order valence-corrected chi connectivity index (χ3v) is 3.46. The van der Waals surface area contributed by atoms with E-state index in [1.807, 2.05) is 0 Å². The molecule has 0 unspecified atom stereocenters. The second-order valence-electron chi connectivity index (χ2n) is 5.09. The number of H-pyrrole nitrogens is 1. The van der Waals surface area contributed by atoms with Crippen molar-refractivity contribution in [2.45, 2.75) is 6.18 Å². The maximum Gasteiger partial charge on any atom is 0.422 e. The molecule has 0 radical (unpaired) electrons. The molecule has 2 aromatic rings. The number of anilines is 1. The Morgan fingerprint density at radius 1 is 1.15 bits per heavy atom. The van der Waals surface area contributed by atoms with Crippen molar-refractivity contribution in [1.82, 2.24) is 4.98 Å². The van der Waals surface area contributed by atoms with Crippen molar-refractivity contribution in [1.29, 1.82) is 0 Å². The highest BCUT2D eigenvalue weighted by Crippen LogP contribution is 2.39. The minimum Gasteiger partial charge on any atom is -0.478 e. The summed E-state index contributed by atoms with van der Waals surface area (Å²) in [4.78, 5) is 46.1. The number of carboxylic acid groups (broad SMARTS) is 2. The number of nitrogens with zero attached hydrogens (tertiary/aromatic N) is 1. The first-order valence-corrected chi connectivity index (χ1v) is 6.74. The number of aromatic amines is 1. The highest BCUT2D eigenvalue weighted by Gasteiger charge is 2.39. The number of hydrogen-bond donors (Lipinski definition) is 4. The number of carboxylic acids is 2. The van der Waals surface area contributed by atoms with Crippen LogP contribution in [0.2, 0.25) is 0 Å². The Hall–Kier alpha value is -3.90. The summed E-state index contributed by atoms with van der Waals surface area (Å²) in [6.45, 7) is 0. The first-order chi connectivity index (χ1) is 12.4. The fourth-order valence-corrected chi connectivity index (χ4v) is 2.41. The molecule has 0 spiro atoms. The lowest BCUT2D eigenvalue weighted by molar-refractivity contribution is -0.388. The first-order valence-electron chi connectivity index (χ1n) is 6.74. The van der Waals surface area contributed by atoms with E-state index in [0.29, 0.717) is 12.1 Å². The van der Waals surface area contributed by atoms with Crippen LogP contribution in [0.1, 0.15) is 26.3 Å². The number of halogens is 3. The van der Waals surface area contributed by atoms with E-state index in [2.05, 4.69) is 0 Å². The predicted octanol–water partition coefficient (Wildman–Crippen LogP) is 1.95. The molecule has 1 aromatic heterocycles. The van der Waals surface area contributed by atoms with Gasteiger partial charge in [0.1, 0.15) is 22.5 Å². The fraction of sp³-hybridized carbons (Fsp3) is 0.0714. The average molecular weight is 387 g/mol. The number of nitrogens with one attached hydrogen (secondary N) is 1. The number of benzene rings is 1. The number of aromatic nitrogens is 1. The van der Waals surface area contributed by atoms with E-state index in [1.54, 1.807) is 4.98 Å². The minimum absolute atomic E-state index is 0.280. The SMILES string of the molecule is Nc1[nH]c(=O)c(C(=O)O)c(-c2ccc(C(F)(F)F)c([N+](=O)[O-])c2)c1C(=O)O. The van der Waals surface area contributed by atoms with Gasteiger partial charge in [-0.3, -0.25) is 14.9 Å². The van der Waals surface area contributed by atoms with E-state index in [9.17, 15) is 47.9 Å². The van der Waals surface area contributed by atoms with Crippen LogP contribution in [0.3, 0.4) is 0 Å². The molecule has 13 heteroatoms. The maximum absolute atomic E-state index is 12.9. The number of carbonyl (C=O) groups is 2. The van der Waals surface area contributed by atoms with Crippen LogP contribution in [0.4, 0.5) is 24.7 Å². The standard InChI is InChI=1S/C14H8F3N3O7/c15-14(16,17)5-2-1-4(3-6(5)20(26)27)7-8(12(22)23)10(18)19-11(21)9(7)13(24)25/h1-3H,(H,22,23)(H,24,25)(H3,18,19,21). The van der Waals surface area contributed by atoms with Gasteiger partial charge >= 0.3 is 18.1 Å². The molecule has 0 aliphatic rings. The van der Waals surface area contributed by atoms with Gasteiger partial charge in [0.25, 0.3) is 11.2 Å². The largest absolute Gasteiger partial charge is 0.478 e. The molecule has 0 saturated carbocycles. The fourth-order valence-electron chi connectivity index (χ4n) is 2.41. The Bertz CT molecular complexity index is 1040. The molecular weight excluding hydrogens is 379 g/mol. The van der Waals surface area contributed by atoms with Gasteiger partial charge in [0.2, 0.25) is 0 Å². The van der Waals surface area contributed by atoms with Crippen LogP contribution in [0.5, 0.6) is 0 Å². The number of nitro groups is 1. The number of nitro benzene ring substituents is 1. The Morgan fingerprint density at radius 3 is 2.15 bits per heavy atom. The molecule has 0 atom stereocenters. The van der Waals surface area contributed by atoms with Crippen LogP contribution in [0.15, 0.2) is 23.0 Å². The van der Waals surface area contributed by atoms with Crippen molar-refractivity contribution in [2.24, 2.45) is 0 Å². The third kappa shape index (κ3) is 3.42. The zero-order chi connectivity index (χ0) is 20.7. The first kappa shape index (κ1) is 19.4. The molecule has 2 rings (SSSR count). The van der Waals surface area contributed by atoms with Gasteiger partial charge in [-0.15, -0.1) is 0 Å².